The number of rotatable bonds is 0. The third kappa shape index (κ3) is 1.28. The molecule has 4 heteroatoms. The van der Waals surface area contributed by atoms with Gasteiger partial charge in [-0.1, -0.05) is 0 Å². The average molecular weight is 102 g/mol. The largest absolute Gasteiger partial charge is 0.473 e. The average Bonchev–Trinajstić information content (AvgIpc) is 1.36. The molecule has 0 heterocycles. The maximum Gasteiger partial charge on any atom is 0.414 e. The summed E-state index contributed by atoms with van der Waals surface area (Å²) in [5, 5.41) is 14.8. The Labute approximate surface area is 41.9 Å². The lowest BCUT2D eigenvalue weighted by Crippen LogP contribution is -2.09. The highest BCUT2D eigenvalue weighted by Gasteiger charge is 2.04. The van der Waals surface area contributed by atoms with Crippen molar-refractivity contribution in [2.24, 2.45) is 0 Å². The molecule has 0 aromatic carbocycles. The molecule has 0 aromatic heterocycles. The fourth-order valence-corrected chi connectivity index (χ4v) is 0. The zero-order valence-electron chi connectivity index (χ0n) is 2.71. The molecule has 0 rings (SSSR count). The second kappa shape index (κ2) is 1.40. The van der Waals surface area contributed by atoms with Crippen molar-refractivity contribution < 1.29 is 28.4 Å². The predicted octanol–water partition coefficient (Wildman–Crippen LogP) is 0.632. The van der Waals surface area contributed by atoms with Gasteiger partial charge in [-0.15, -0.1) is 0 Å². The van der Waals surface area contributed by atoms with Crippen LogP contribution in [-0.2, 0) is 9.59 Å². The molecular formula is C2H14O4. The van der Waals surface area contributed by atoms with Crippen LogP contribution in [0.4, 0.5) is 0 Å². The fraction of sp³-hybridized carbons (Fsp3) is 0. The summed E-state index contributed by atoms with van der Waals surface area (Å²) in [6.07, 6.45) is 0. The van der Waals surface area contributed by atoms with Crippen LogP contribution in [0.5, 0.6) is 0 Å². The zero-order chi connectivity index (χ0) is 5.15. The van der Waals surface area contributed by atoms with Gasteiger partial charge in [0, 0.05) is 8.56 Å². The van der Waals surface area contributed by atoms with E-state index in [1.54, 1.807) is 0 Å². The van der Waals surface area contributed by atoms with Crippen LogP contribution in [-0.4, -0.2) is 22.2 Å². The highest BCUT2D eigenvalue weighted by atomic mass is 16.4. The van der Waals surface area contributed by atoms with Crippen molar-refractivity contribution in [3.63, 3.8) is 0 Å². The van der Waals surface area contributed by atoms with E-state index in [9.17, 15) is 0 Å². The van der Waals surface area contributed by atoms with Crippen molar-refractivity contribution >= 4 is 11.9 Å². The molecular weight excluding hydrogens is 88.0 g/mol. The Kier molecular flexibility index (Phi) is 1.15. The molecule has 0 amide bonds. The number of carboxylic acids is 2. The molecule has 2 N–H and O–H groups in total. The maximum atomic E-state index is 9.10. The van der Waals surface area contributed by atoms with Crippen LogP contribution >= 0.6 is 0 Å². The predicted molar refractivity (Wildman–Crippen MR) is 28.0 cm³/mol. The number of carboxylic acid groups (broad SMARTS) is 2. The molecule has 0 saturated carbocycles. The van der Waals surface area contributed by atoms with Gasteiger partial charge in [0.05, 0.1) is 0 Å². The molecule has 0 aliphatic heterocycles. The van der Waals surface area contributed by atoms with Gasteiger partial charge >= 0.3 is 11.9 Å². The molecule has 0 radical (unpaired) electrons. The lowest BCUT2D eigenvalue weighted by Gasteiger charge is -1.72. The summed E-state index contributed by atoms with van der Waals surface area (Å²) < 4.78 is 0. The first-order chi connectivity index (χ1) is 2.64. The minimum absolute atomic E-state index is 0. The van der Waals surface area contributed by atoms with Crippen LogP contribution < -0.4 is 0 Å². The molecule has 6 heavy (non-hydrogen) atoms. The molecule has 0 spiro atoms. The second-order valence-corrected chi connectivity index (χ2v) is 0.610. The summed E-state index contributed by atoms with van der Waals surface area (Å²) in [5.41, 5.74) is 0. The number of aliphatic carboxylic acids is 2. The zero-order valence-corrected chi connectivity index (χ0v) is 2.71. The van der Waals surface area contributed by atoms with Gasteiger partial charge in [-0.05, 0) is 0 Å². The van der Waals surface area contributed by atoms with Gasteiger partial charge in [0.15, 0.2) is 0 Å². The van der Waals surface area contributed by atoms with Gasteiger partial charge < -0.3 is 10.2 Å². The molecule has 4 nitrogen and oxygen atoms in total. The van der Waals surface area contributed by atoms with E-state index in [-0.39, 0.29) is 8.56 Å². The van der Waals surface area contributed by atoms with Gasteiger partial charge in [0.25, 0.3) is 0 Å². The van der Waals surface area contributed by atoms with Crippen molar-refractivity contribution in [3.8, 4) is 0 Å². The Morgan fingerprint density at radius 3 is 1.33 bits per heavy atom. The van der Waals surface area contributed by atoms with E-state index >= 15 is 0 Å². The van der Waals surface area contributed by atoms with Crippen molar-refractivity contribution in [2.75, 3.05) is 0 Å². The normalized spacial score (nSPS) is 7.33. The van der Waals surface area contributed by atoms with Crippen LogP contribution in [0.25, 0.3) is 0 Å². The van der Waals surface area contributed by atoms with Gasteiger partial charge in [0.2, 0.25) is 0 Å². The number of hydrogen-bond donors (Lipinski definition) is 2. The van der Waals surface area contributed by atoms with Crippen LogP contribution in [0.3, 0.4) is 0 Å². The Bertz CT molecular complexity index is 83.5. The molecule has 0 saturated heterocycles. The first kappa shape index (κ1) is 4.94. The van der Waals surface area contributed by atoms with E-state index in [1.165, 1.54) is 0 Å². The number of hydrogen-bond acceptors (Lipinski definition) is 2. The van der Waals surface area contributed by atoms with E-state index in [2.05, 4.69) is 0 Å². The summed E-state index contributed by atoms with van der Waals surface area (Å²) in [7, 11) is 0. The SMILES string of the molecule is O=C(O)C(=O)O.[HH].[HH].[HH].[HH].[HH].[HH]. The minimum Gasteiger partial charge on any atom is -0.473 e. The third-order valence-corrected chi connectivity index (χ3v) is 0.183. The molecule has 0 aromatic rings. The molecule has 0 fully saturated rings. The third-order valence-electron chi connectivity index (χ3n) is 0.183. The van der Waals surface area contributed by atoms with E-state index < -0.39 is 11.9 Å². The van der Waals surface area contributed by atoms with E-state index in [0.29, 0.717) is 0 Å². The van der Waals surface area contributed by atoms with Crippen LogP contribution in [0.1, 0.15) is 8.56 Å². The van der Waals surface area contributed by atoms with Crippen LogP contribution in [0.15, 0.2) is 0 Å². The molecule has 0 unspecified atom stereocenters. The topological polar surface area (TPSA) is 74.6 Å². The van der Waals surface area contributed by atoms with Crippen molar-refractivity contribution in [2.45, 2.75) is 0 Å². The molecule has 46 valence electrons. The first-order valence-corrected chi connectivity index (χ1v) is 1.11. The van der Waals surface area contributed by atoms with Crippen LogP contribution in [0.2, 0.25) is 0 Å². The Balaban J connectivity index is -0.00000000833. The molecule has 0 atom stereocenters. The monoisotopic (exact) mass is 102 g/mol. The molecule has 0 bridgehead atoms. The van der Waals surface area contributed by atoms with Crippen molar-refractivity contribution in [3.05, 3.63) is 0 Å². The van der Waals surface area contributed by atoms with Crippen LogP contribution in [0, 0.1) is 0 Å². The number of carbonyl (C=O) groups is 2. The quantitative estimate of drug-likeness (QED) is 0.440. The first-order valence-electron chi connectivity index (χ1n) is 1.11. The highest BCUT2D eigenvalue weighted by Crippen LogP contribution is 1.56. The van der Waals surface area contributed by atoms with Gasteiger partial charge in [-0.25, -0.2) is 9.59 Å². The van der Waals surface area contributed by atoms with E-state index in [4.69, 9.17) is 19.8 Å². The summed E-state index contributed by atoms with van der Waals surface area (Å²) >= 11 is 0. The van der Waals surface area contributed by atoms with E-state index in [1.807, 2.05) is 0 Å². The smallest absolute Gasteiger partial charge is 0.414 e. The summed E-state index contributed by atoms with van der Waals surface area (Å²) in [6.45, 7) is 0. The maximum absolute atomic E-state index is 9.10. The molecule has 0 aliphatic rings. The standard InChI is InChI=1S/C2H2O4.6H2/c3-1(4)2(5)6;;;;;;/h(H,3,4)(H,5,6);6*1H. The fourth-order valence-electron chi connectivity index (χ4n) is 0. The Morgan fingerprint density at radius 1 is 1.17 bits per heavy atom. The Morgan fingerprint density at radius 2 is 1.33 bits per heavy atom. The molecule has 0 aliphatic carbocycles. The van der Waals surface area contributed by atoms with Gasteiger partial charge in [0.1, 0.15) is 0 Å². The van der Waals surface area contributed by atoms with Gasteiger partial charge in [-0.3, -0.25) is 0 Å². The lowest BCUT2D eigenvalue weighted by molar-refractivity contribution is -0.159. The van der Waals surface area contributed by atoms with Gasteiger partial charge in [-0.2, -0.15) is 0 Å². The summed E-state index contributed by atoms with van der Waals surface area (Å²) in [4.78, 5) is 18.2. The lowest BCUT2D eigenvalue weighted by atomic mass is 10.7. The summed E-state index contributed by atoms with van der Waals surface area (Å²) in [5.74, 6) is -3.65. The van der Waals surface area contributed by atoms with Crippen molar-refractivity contribution in [1.29, 1.82) is 0 Å². The highest BCUT2D eigenvalue weighted by molar-refractivity contribution is 6.27. The second-order valence-electron chi connectivity index (χ2n) is 0.610. The summed E-state index contributed by atoms with van der Waals surface area (Å²) in [6, 6.07) is 0. The minimum atomic E-state index is -1.82. The Hall–Kier alpha value is -1.06. The van der Waals surface area contributed by atoms with E-state index in [0.717, 1.165) is 0 Å². The van der Waals surface area contributed by atoms with Crippen molar-refractivity contribution in [1.82, 2.24) is 0 Å².